The topological polar surface area (TPSA) is 43.4 Å². The van der Waals surface area contributed by atoms with E-state index in [1.54, 1.807) is 6.92 Å². The number of hydrogen-bond acceptors (Lipinski definition) is 3. The van der Waals surface area contributed by atoms with Crippen LogP contribution in [0, 0.1) is 11.6 Å². The summed E-state index contributed by atoms with van der Waals surface area (Å²) in [6.07, 6.45) is -0.289. The lowest BCUT2D eigenvalue weighted by molar-refractivity contribution is -0.305. The van der Waals surface area contributed by atoms with E-state index in [9.17, 15) is 9.59 Å². The number of rotatable bonds is 3. The van der Waals surface area contributed by atoms with Gasteiger partial charge < -0.3 is 4.74 Å². The second kappa shape index (κ2) is 4.32. The number of halogens is 1. The van der Waals surface area contributed by atoms with Crippen LogP contribution in [0.3, 0.4) is 0 Å². The maximum absolute atomic E-state index is 10.3. The molecule has 0 aromatic heterocycles. The minimum absolute atomic E-state index is 0.289. The molecule has 0 saturated heterocycles. The first-order valence-electron chi connectivity index (χ1n) is 2.52. The van der Waals surface area contributed by atoms with Crippen LogP contribution < -0.4 is 0 Å². The number of carbonyl (C=O) groups is 2. The SMILES string of the molecule is CCOC(=O)CC(=O)[ClH+]. The van der Waals surface area contributed by atoms with Gasteiger partial charge in [-0.25, -0.2) is 4.79 Å². The molecule has 4 heteroatoms. The number of ether oxygens (including phenoxy) is 1. The van der Waals surface area contributed by atoms with E-state index in [1.165, 1.54) is 0 Å². The standard InChI is InChI=1S/C5H8ClO3/c1-2-9-5(8)3-4(6)7/h6H,2-3H2,1H3/q+1. The van der Waals surface area contributed by atoms with Gasteiger partial charge in [0.15, 0.2) is 18.0 Å². The summed E-state index contributed by atoms with van der Waals surface area (Å²) in [4.78, 5) is 20.4. The minimum Gasteiger partial charge on any atom is -0.465 e. The van der Waals surface area contributed by atoms with E-state index >= 15 is 0 Å². The van der Waals surface area contributed by atoms with Gasteiger partial charge in [-0.15, -0.1) is 0 Å². The molecule has 0 N–H and O–H groups in total. The van der Waals surface area contributed by atoms with Gasteiger partial charge in [-0.1, -0.05) is 0 Å². The molecular weight excluding hydrogens is 144 g/mol. The molecule has 0 unspecified atom stereocenters. The highest BCUT2D eigenvalue weighted by Gasteiger charge is 2.12. The maximum atomic E-state index is 10.3. The summed E-state index contributed by atoms with van der Waals surface area (Å²) >= 11 is 4.13. The van der Waals surface area contributed by atoms with Crippen molar-refractivity contribution in [3.8, 4) is 0 Å². The third kappa shape index (κ3) is 5.30. The Morgan fingerprint density at radius 2 is 2.11 bits per heavy atom. The van der Waals surface area contributed by atoms with Crippen molar-refractivity contribution in [3.63, 3.8) is 0 Å². The third-order valence-electron chi connectivity index (χ3n) is 0.594. The highest BCUT2D eigenvalue weighted by atomic mass is 35.5. The van der Waals surface area contributed by atoms with Crippen molar-refractivity contribution in [2.75, 3.05) is 6.61 Å². The molecule has 0 aliphatic heterocycles. The Kier molecular flexibility index (Phi) is 4.05. The zero-order valence-corrected chi connectivity index (χ0v) is 5.86. The summed E-state index contributed by atoms with van der Waals surface area (Å²) in [6.45, 7) is 1.97. The fourth-order valence-electron chi connectivity index (χ4n) is 0.330. The van der Waals surface area contributed by atoms with E-state index < -0.39 is 11.2 Å². The van der Waals surface area contributed by atoms with Crippen LogP contribution in [0.2, 0.25) is 0 Å². The molecule has 0 aliphatic carbocycles. The van der Waals surface area contributed by atoms with Gasteiger partial charge in [0.25, 0.3) is 0 Å². The molecule has 3 nitrogen and oxygen atoms in total. The Labute approximate surface area is 57.9 Å². The molecule has 9 heavy (non-hydrogen) atoms. The van der Waals surface area contributed by atoms with Crippen LogP contribution in [0.1, 0.15) is 13.3 Å². The van der Waals surface area contributed by atoms with Crippen molar-refractivity contribution in [3.05, 3.63) is 0 Å². The Hall–Kier alpha value is -0.570. The molecule has 0 aliphatic rings. The van der Waals surface area contributed by atoms with Gasteiger partial charge in [0.2, 0.25) is 0 Å². The van der Waals surface area contributed by atoms with Crippen LogP contribution in [-0.2, 0) is 14.3 Å². The van der Waals surface area contributed by atoms with Crippen molar-refractivity contribution in [2.24, 2.45) is 0 Å². The van der Waals surface area contributed by atoms with Gasteiger partial charge in [-0.05, 0) is 6.92 Å². The molecule has 0 heterocycles. The van der Waals surface area contributed by atoms with Crippen molar-refractivity contribution < 1.29 is 25.9 Å². The van der Waals surface area contributed by atoms with Crippen molar-refractivity contribution in [1.29, 1.82) is 0 Å². The average molecular weight is 152 g/mol. The van der Waals surface area contributed by atoms with Gasteiger partial charge in [0, 0.05) is 0 Å². The third-order valence-corrected chi connectivity index (χ3v) is 0.738. The highest BCUT2D eigenvalue weighted by molar-refractivity contribution is 5.88. The second-order valence-corrected chi connectivity index (χ2v) is 1.81. The lowest BCUT2D eigenvalue weighted by atomic mass is 10.5. The molecule has 0 saturated carbocycles. The first-order chi connectivity index (χ1) is 4.16. The Morgan fingerprint density at radius 1 is 1.56 bits per heavy atom. The molecule has 0 fully saturated rings. The first-order valence-corrected chi connectivity index (χ1v) is 2.93. The number of hydrogen-bond donors (Lipinski definition) is 0. The van der Waals surface area contributed by atoms with Crippen LogP contribution in [-0.4, -0.2) is 17.8 Å². The maximum Gasteiger partial charge on any atom is 0.410 e. The predicted molar refractivity (Wildman–Crippen MR) is 27.7 cm³/mol. The van der Waals surface area contributed by atoms with Crippen molar-refractivity contribution >= 4 is 11.2 Å². The Morgan fingerprint density at radius 3 is 2.44 bits per heavy atom. The molecule has 0 bridgehead atoms. The van der Waals surface area contributed by atoms with Gasteiger partial charge in [-0.3, -0.25) is 4.79 Å². The second-order valence-electron chi connectivity index (χ2n) is 1.35. The molecule has 0 rings (SSSR count). The van der Waals surface area contributed by atoms with Gasteiger partial charge >= 0.3 is 11.2 Å². The van der Waals surface area contributed by atoms with E-state index in [1.807, 2.05) is 0 Å². The quantitative estimate of drug-likeness (QED) is 0.317. The Bertz CT molecular complexity index is 121. The lowest BCUT2D eigenvalue weighted by Gasteiger charge is -1.93. The predicted octanol–water partition coefficient (Wildman–Crippen LogP) is -0.252. The largest absolute Gasteiger partial charge is 0.465 e. The van der Waals surface area contributed by atoms with Gasteiger partial charge in [0.1, 0.15) is 0 Å². The van der Waals surface area contributed by atoms with Crippen LogP contribution in [0.15, 0.2) is 0 Å². The molecule has 0 amide bonds. The van der Waals surface area contributed by atoms with E-state index in [-0.39, 0.29) is 6.42 Å². The van der Waals surface area contributed by atoms with E-state index in [0.717, 1.165) is 0 Å². The van der Waals surface area contributed by atoms with E-state index in [4.69, 9.17) is 0 Å². The summed E-state index contributed by atoms with van der Waals surface area (Å²) < 4.78 is 4.43. The van der Waals surface area contributed by atoms with Gasteiger partial charge in [0.05, 0.1) is 6.61 Å². The fraction of sp³-hybridized carbons (Fsp3) is 0.600. The fourth-order valence-corrected chi connectivity index (χ4v) is 0.448. The summed E-state index contributed by atoms with van der Waals surface area (Å²) in [6, 6.07) is 0. The molecule has 0 aromatic rings. The van der Waals surface area contributed by atoms with Gasteiger partial charge in [-0.2, -0.15) is 0 Å². The van der Waals surface area contributed by atoms with Crippen molar-refractivity contribution in [2.45, 2.75) is 13.3 Å². The molecule has 52 valence electrons. The van der Waals surface area contributed by atoms with Crippen LogP contribution >= 0.6 is 0 Å². The molecule has 0 atom stereocenters. The highest BCUT2D eigenvalue weighted by Crippen LogP contribution is 1.85. The first kappa shape index (κ1) is 8.43. The number of carbonyl (C=O) groups excluding carboxylic acids is 2. The molecule has 0 radical (unpaired) electrons. The van der Waals surface area contributed by atoms with Crippen LogP contribution in [0.25, 0.3) is 0 Å². The summed E-state index contributed by atoms with van der Waals surface area (Å²) in [7, 11) is 0. The zero-order valence-electron chi connectivity index (χ0n) is 5.05. The average Bonchev–Trinajstić information content (AvgIpc) is 1.63. The van der Waals surface area contributed by atoms with Crippen LogP contribution in [0.5, 0.6) is 0 Å². The lowest BCUT2D eigenvalue weighted by Crippen LogP contribution is -2.08. The summed E-state index contributed by atoms with van der Waals surface area (Å²) in [5.41, 5.74) is 0. The number of esters is 1. The van der Waals surface area contributed by atoms with Crippen molar-refractivity contribution in [1.82, 2.24) is 0 Å². The normalized spacial score (nSPS) is 8.67. The van der Waals surface area contributed by atoms with Crippen LogP contribution in [0.4, 0.5) is 0 Å². The monoisotopic (exact) mass is 151 g/mol. The van der Waals surface area contributed by atoms with E-state index in [0.29, 0.717) is 6.61 Å². The molecule has 0 spiro atoms. The summed E-state index contributed by atoms with van der Waals surface area (Å²) in [5.74, 6) is -0.544. The summed E-state index contributed by atoms with van der Waals surface area (Å²) in [5, 5.41) is -0.576. The minimum atomic E-state index is -0.576. The zero-order chi connectivity index (χ0) is 7.28. The smallest absolute Gasteiger partial charge is 0.410 e. The molecular formula is C5H8ClO3+. The molecule has 0 aromatic carbocycles. The van der Waals surface area contributed by atoms with E-state index in [2.05, 4.69) is 16.3 Å². The Balaban J connectivity index is 3.39.